The predicted molar refractivity (Wildman–Crippen MR) is 69.5 cm³/mol. The van der Waals surface area contributed by atoms with Crippen LogP contribution < -0.4 is 4.74 Å². The van der Waals surface area contributed by atoms with Gasteiger partial charge in [0.25, 0.3) is 0 Å². The van der Waals surface area contributed by atoms with Crippen molar-refractivity contribution < 1.29 is 4.74 Å². The van der Waals surface area contributed by atoms with E-state index in [4.69, 9.17) is 4.74 Å². The third-order valence-electron chi connectivity index (χ3n) is 2.85. The second-order valence-electron chi connectivity index (χ2n) is 4.14. The van der Waals surface area contributed by atoms with Crippen LogP contribution in [0.5, 0.6) is 11.5 Å². The Morgan fingerprint density at radius 2 is 1.88 bits per heavy atom. The highest BCUT2D eigenvalue weighted by atomic mass is 16.5. The fourth-order valence-corrected chi connectivity index (χ4v) is 1.59. The van der Waals surface area contributed by atoms with Crippen LogP contribution in [0.25, 0.3) is 0 Å². The molecule has 0 saturated heterocycles. The molecule has 1 aromatic heterocycles. The maximum absolute atomic E-state index is 5.77. The lowest BCUT2D eigenvalue weighted by molar-refractivity contribution is 0.480. The smallest absolute Gasteiger partial charge is 0.130 e. The minimum absolute atomic E-state index is 0.467. The number of benzene rings is 1. The molecule has 88 valence electrons. The summed E-state index contributed by atoms with van der Waals surface area (Å²) in [7, 11) is 0. The highest BCUT2D eigenvalue weighted by Crippen LogP contribution is 2.24. The van der Waals surface area contributed by atoms with Gasteiger partial charge in [-0.25, -0.2) is 0 Å². The SMILES string of the molecule is CCC(C)c1cc(Oc2ccccc2)ccn1. The summed E-state index contributed by atoms with van der Waals surface area (Å²) in [6, 6.07) is 13.7. The van der Waals surface area contributed by atoms with Gasteiger partial charge in [0.2, 0.25) is 0 Å². The molecule has 0 bridgehead atoms. The first kappa shape index (κ1) is 11.6. The predicted octanol–water partition coefficient (Wildman–Crippen LogP) is 4.39. The second kappa shape index (κ2) is 5.48. The molecule has 1 atom stereocenters. The summed E-state index contributed by atoms with van der Waals surface area (Å²) in [5, 5.41) is 0. The second-order valence-corrected chi connectivity index (χ2v) is 4.14. The summed E-state index contributed by atoms with van der Waals surface area (Å²) < 4.78 is 5.77. The summed E-state index contributed by atoms with van der Waals surface area (Å²) in [5.41, 5.74) is 1.08. The van der Waals surface area contributed by atoms with E-state index in [-0.39, 0.29) is 0 Å². The minimum atomic E-state index is 0.467. The number of aromatic nitrogens is 1. The number of nitrogens with zero attached hydrogens (tertiary/aromatic N) is 1. The van der Waals surface area contributed by atoms with Crippen molar-refractivity contribution in [2.45, 2.75) is 26.2 Å². The zero-order chi connectivity index (χ0) is 12.1. The van der Waals surface area contributed by atoms with Crippen LogP contribution in [0.3, 0.4) is 0 Å². The Kier molecular flexibility index (Phi) is 3.76. The van der Waals surface area contributed by atoms with E-state index >= 15 is 0 Å². The molecule has 0 aliphatic rings. The Morgan fingerprint density at radius 3 is 2.59 bits per heavy atom. The molecule has 0 amide bonds. The first-order valence-corrected chi connectivity index (χ1v) is 5.98. The van der Waals surface area contributed by atoms with Crippen molar-refractivity contribution in [1.29, 1.82) is 0 Å². The topological polar surface area (TPSA) is 22.1 Å². The minimum Gasteiger partial charge on any atom is -0.457 e. The van der Waals surface area contributed by atoms with Gasteiger partial charge in [0.1, 0.15) is 11.5 Å². The third-order valence-corrected chi connectivity index (χ3v) is 2.85. The molecule has 0 fully saturated rings. The molecule has 1 heterocycles. The van der Waals surface area contributed by atoms with Crippen molar-refractivity contribution in [3.05, 3.63) is 54.4 Å². The van der Waals surface area contributed by atoms with E-state index < -0.39 is 0 Å². The first-order valence-electron chi connectivity index (χ1n) is 5.98. The van der Waals surface area contributed by atoms with Gasteiger partial charge >= 0.3 is 0 Å². The van der Waals surface area contributed by atoms with Crippen molar-refractivity contribution in [3.63, 3.8) is 0 Å². The van der Waals surface area contributed by atoms with Gasteiger partial charge in [0, 0.05) is 18.0 Å². The highest BCUT2D eigenvalue weighted by Gasteiger charge is 2.06. The largest absolute Gasteiger partial charge is 0.457 e. The Hall–Kier alpha value is -1.83. The Balaban J connectivity index is 2.17. The number of hydrogen-bond donors (Lipinski definition) is 0. The van der Waals surface area contributed by atoms with E-state index in [9.17, 15) is 0 Å². The van der Waals surface area contributed by atoms with Crippen molar-refractivity contribution in [2.75, 3.05) is 0 Å². The van der Waals surface area contributed by atoms with Crippen LogP contribution in [-0.2, 0) is 0 Å². The first-order chi connectivity index (χ1) is 8.29. The van der Waals surface area contributed by atoms with Crippen molar-refractivity contribution >= 4 is 0 Å². The fourth-order valence-electron chi connectivity index (χ4n) is 1.59. The quantitative estimate of drug-likeness (QED) is 0.773. The van der Waals surface area contributed by atoms with Gasteiger partial charge in [0.15, 0.2) is 0 Å². The molecule has 0 N–H and O–H groups in total. The van der Waals surface area contributed by atoms with E-state index in [0.29, 0.717) is 5.92 Å². The van der Waals surface area contributed by atoms with Crippen LogP contribution in [0.15, 0.2) is 48.7 Å². The zero-order valence-corrected chi connectivity index (χ0v) is 10.3. The van der Waals surface area contributed by atoms with Crippen LogP contribution in [-0.4, -0.2) is 4.98 Å². The number of rotatable bonds is 4. The summed E-state index contributed by atoms with van der Waals surface area (Å²) in [6.07, 6.45) is 2.89. The van der Waals surface area contributed by atoms with E-state index in [2.05, 4.69) is 18.8 Å². The highest BCUT2D eigenvalue weighted by molar-refractivity contribution is 5.31. The standard InChI is InChI=1S/C15H17NO/c1-3-12(2)15-11-14(9-10-16-15)17-13-7-5-4-6-8-13/h4-12H,3H2,1-2H3. The molecule has 1 unspecified atom stereocenters. The Bertz CT molecular complexity index is 467. The molecule has 2 heteroatoms. The van der Waals surface area contributed by atoms with Crippen LogP contribution in [0.2, 0.25) is 0 Å². The fraction of sp³-hybridized carbons (Fsp3) is 0.267. The lowest BCUT2D eigenvalue weighted by Gasteiger charge is -2.10. The molecule has 2 rings (SSSR count). The summed E-state index contributed by atoms with van der Waals surface area (Å²) >= 11 is 0. The monoisotopic (exact) mass is 227 g/mol. The number of para-hydroxylation sites is 1. The molecule has 2 aromatic rings. The van der Waals surface area contributed by atoms with Gasteiger partial charge in [-0.2, -0.15) is 0 Å². The van der Waals surface area contributed by atoms with Crippen LogP contribution in [0.1, 0.15) is 31.9 Å². The maximum atomic E-state index is 5.77. The molecule has 1 aromatic carbocycles. The van der Waals surface area contributed by atoms with Gasteiger partial charge in [-0.1, -0.05) is 32.0 Å². The van der Waals surface area contributed by atoms with Gasteiger partial charge in [-0.15, -0.1) is 0 Å². The Morgan fingerprint density at radius 1 is 1.12 bits per heavy atom. The van der Waals surface area contributed by atoms with Crippen molar-refractivity contribution in [3.8, 4) is 11.5 Å². The summed E-state index contributed by atoms with van der Waals surface area (Å²) in [4.78, 5) is 4.37. The number of hydrogen-bond acceptors (Lipinski definition) is 2. The Labute approximate surface area is 102 Å². The van der Waals surface area contributed by atoms with Crippen molar-refractivity contribution in [1.82, 2.24) is 4.98 Å². The lowest BCUT2D eigenvalue weighted by Crippen LogP contribution is -1.95. The molecule has 2 nitrogen and oxygen atoms in total. The lowest BCUT2D eigenvalue weighted by atomic mass is 10.0. The van der Waals surface area contributed by atoms with E-state index in [1.54, 1.807) is 6.20 Å². The summed E-state index contributed by atoms with van der Waals surface area (Å²) in [5.74, 6) is 2.17. The van der Waals surface area contributed by atoms with Gasteiger partial charge < -0.3 is 4.74 Å². The molecular weight excluding hydrogens is 210 g/mol. The van der Waals surface area contributed by atoms with Gasteiger partial charge in [-0.05, 0) is 30.5 Å². The third kappa shape index (κ3) is 3.06. The van der Waals surface area contributed by atoms with Crippen LogP contribution in [0.4, 0.5) is 0 Å². The molecule has 0 aliphatic carbocycles. The molecule has 0 saturated carbocycles. The summed E-state index contributed by atoms with van der Waals surface area (Å²) in [6.45, 7) is 4.34. The average Bonchev–Trinajstić information content (AvgIpc) is 2.39. The van der Waals surface area contributed by atoms with Gasteiger partial charge in [0.05, 0.1) is 0 Å². The van der Waals surface area contributed by atoms with Crippen LogP contribution in [0, 0.1) is 0 Å². The number of ether oxygens (including phenoxy) is 1. The van der Waals surface area contributed by atoms with Crippen LogP contribution >= 0.6 is 0 Å². The zero-order valence-electron chi connectivity index (χ0n) is 10.3. The van der Waals surface area contributed by atoms with E-state index in [1.165, 1.54) is 0 Å². The molecular formula is C15H17NO. The molecule has 0 radical (unpaired) electrons. The van der Waals surface area contributed by atoms with E-state index in [1.807, 2.05) is 42.5 Å². The van der Waals surface area contributed by atoms with E-state index in [0.717, 1.165) is 23.6 Å². The number of pyridine rings is 1. The molecule has 17 heavy (non-hydrogen) atoms. The normalized spacial score (nSPS) is 12.1. The van der Waals surface area contributed by atoms with Crippen molar-refractivity contribution in [2.24, 2.45) is 0 Å². The molecule has 0 spiro atoms. The maximum Gasteiger partial charge on any atom is 0.130 e. The molecule has 0 aliphatic heterocycles. The average molecular weight is 227 g/mol. The van der Waals surface area contributed by atoms with Gasteiger partial charge in [-0.3, -0.25) is 4.98 Å².